The average Bonchev–Trinajstić information content (AvgIpc) is 2.49. The fourth-order valence-corrected chi connectivity index (χ4v) is 3.20. The van der Waals surface area contributed by atoms with E-state index < -0.39 is 0 Å². The molecule has 0 spiro atoms. The lowest BCUT2D eigenvalue weighted by molar-refractivity contribution is -0.129. The van der Waals surface area contributed by atoms with Gasteiger partial charge < -0.3 is 5.32 Å². The summed E-state index contributed by atoms with van der Waals surface area (Å²) >= 11 is 5.88. The molecule has 1 aliphatic rings. The first-order chi connectivity index (χ1) is 10.7. The van der Waals surface area contributed by atoms with Gasteiger partial charge >= 0.3 is 0 Å². The second-order valence-electron chi connectivity index (χ2n) is 5.93. The highest BCUT2D eigenvalue weighted by Gasteiger charge is 2.45. The van der Waals surface area contributed by atoms with Crippen LogP contribution in [0, 0.1) is 0 Å². The molecule has 2 aromatic rings. The standard InChI is InChI=1S/C19H20ClNO/c20-17-9-7-15(8-10-17)11-14-21-18(22)19(12-4-13-19)16-5-2-1-3-6-16/h1-3,5-10H,4,11-14H2,(H,21,22). The Balaban J connectivity index is 1.60. The molecule has 1 N–H and O–H groups in total. The van der Waals surface area contributed by atoms with Gasteiger partial charge in [-0.15, -0.1) is 0 Å². The molecule has 1 amide bonds. The Morgan fingerprint density at radius 1 is 1.05 bits per heavy atom. The molecule has 0 heterocycles. The van der Waals surface area contributed by atoms with Crippen LogP contribution in [0.3, 0.4) is 0 Å². The predicted molar refractivity (Wildman–Crippen MR) is 90.1 cm³/mol. The molecule has 1 saturated carbocycles. The minimum atomic E-state index is -0.304. The number of nitrogens with one attached hydrogen (secondary N) is 1. The minimum Gasteiger partial charge on any atom is -0.355 e. The first-order valence-electron chi connectivity index (χ1n) is 7.79. The lowest BCUT2D eigenvalue weighted by Crippen LogP contribution is -2.49. The van der Waals surface area contributed by atoms with E-state index in [2.05, 4.69) is 17.4 Å². The Kier molecular flexibility index (Phi) is 4.49. The van der Waals surface area contributed by atoms with Crippen molar-refractivity contribution in [2.75, 3.05) is 6.54 Å². The molecule has 0 unspecified atom stereocenters. The molecule has 3 heteroatoms. The molecule has 2 aromatic carbocycles. The van der Waals surface area contributed by atoms with E-state index in [1.165, 1.54) is 5.56 Å². The van der Waals surface area contributed by atoms with Crippen LogP contribution in [-0.2, 0) is 16.6 Å². The Labute approximate surface area is 136 Å². The molecule has 0 saturated heterocycles. The molecular formula is C19H20ClNO. The van der Waals surface area contributed by atoms with Gasteiger partial charge in [0.1, 0.15) is 0 Å². The summed E-state index contributed by atoms with van der Waals surface area (Å²) in [6.45, 7) is 0.662. The number of amides is 1. The molecule has 0 aromatic heterocycles. The van der Waals surface area contributed by atoms with E-state index in [1.54, 1.807) is 0 Å². The van der Waals surface area contributed by atoms with Gasteiger partial charge in [0.2, 0.25) is 5.91 Å². The van der Waals surface area contributed by atoms with E-state index in [1.807, 2.05) is 42.5 Å². The maximum absolute atomic E-state index is 12.7. The Morgan fingerprint density at radius 2 is 1.73 bits per heavy atom. The van der Waals surface area contributed by atoms with Gasteiger partial charge in [-0.3, -0.25) is 4.79 Å². The number of benzene rings is 2. The number of hydrogen-bond acceptors (Lipinski definition) is 1. The third kappa shape index (κ3) is 3.02. The van der Waals surface area contributed by atoms with Gasteiger partial charge in [-0.05, 0) is 42.5 Å². The largest absolute Gasteiger partial charge is 0.355 e. The van der Waals surface area contributed by atoms with Crippen LogP contribution in [0.1, 0.15) is 30.4 Å². The molecule has 2 nitrogen and oxygen atoms in total. The number of carbonyl (C=O) groups is 1. The van der Waals surface area contributed by atoms with Crippen LogP contribution in [0.2, 0.25) is 5.02 Å². The minimum absolute atomic E-state index is 0.166. The molecule has 1 fully saturated rings. The summed E-state index contributed by atoms with van der Waals surface area (Å²) in [5.74, 6) is 0.166. The summed E-state index contributed by atoms with van der Waals surface area (Å²) in [5, 5.41) is 3.86. The lowest BCUT2D eigenvalue weighted by Gasteiger charge is -2.40. The van der Waals surface area contributed by atoms with Crippen LogP contribution in [0.25, 0.3) is 0 Å². The summed E-state index contributed by atoms with van der Waals surface area (Å²) in [6, 6.07) is 17.9. The molecule has 3 rings (SSSR count). The second kappa shape index (κ2) is 6.53. The van der Waals surface area contributed by atoms with E-state index in [0.29, 0.717) is 6.54 Å². The van der Waals surface area contributed by atoms with Gasteiger partial charge in [0.15, 0.2) is 0 Å². The van der Waals surface area contributed by atoms with E-state index in [-0.39, 0.29) is 11.3 Å². The van der Waals surface area contributed by atoms with Crippen LogP contribution in [-0.4, -0.2) is 12.5 Å². The highest BCUT2D eigenvalue weighted by molar-refractivity contribution is 6.30. The van der Waals surface area contributed by atoms with Crippen molar-refractivity contribution in [2.45, 2.75) is 31.1 Å². The summed E-state index contributed by atoms with van der Waals surface area (Å²) < 4.78 is 0. The molecule has 1 aliphatic carbocycles. The van der Waals surface area contributed by atoms with Crippen molar-refractivity contribution in [3.05, 3.63) is 70.7 Å². The summed E-state index contributed by atoms with van der Waals surface area (Å²) in [5.41, 5.74) is 2.03. The van der Waals surface area contributed by atoms with E-state index in [9.17, 15) is 4.79 Å². The first-order valence-corrected chi connectivity index (χ1v) is 8.17. The molecule has 0 radical (unpaired) electrons. The number of halogens is 1. The van der Waals surface area contributed by atoms with E-state index in [4.69, 9.17) is 11.6 Å². The molecule has 0 atom stereocenters. The van der Waals surface area contributed by atoms with Gasteiger partial charge in [0.05, 0.1) is 5.41 Å². The summed E-state index contributed by atoms with van der Waals surface area (Å²) in [6.07, 6.45) is 3.85. The van der Waals surface area contributed by atoms with Crippen LogP contribution in [0.4, 0.5) is 0 Å². The van der Waals surface area contributed by atoms with Gasteiger partial charge in [-0.2, -0.15) is 0 Å². The monoisotopic (exact) mass is 313 g/mol. The van der Waals surface area contributed by atoms with Gasteiger partial charge in [-0.1, -0.05) is 60.5 Å². The molecule has 0 aliphatic heterocycles. The predicted octanol–water partition coefficient (Wildman–Crippen LogP) is 4.12. The maximum atomic E-state index is 12.7. The quantitative estimate of drug-likeness (QED) is 0.884. The SMILES string of the molecule is O=C(NCCc1ccc(Cl)cc1)C1(c2ccccc2)CCC1. The summed E-state index contributed by atoms with van der Waals surface area (Å²) in [4.78, 5) is 12.7. The van der Waals surface area contributed by atoms with Crippen LogP contribution < -0.4 is 5.32 Å². The van der Waals surface area contributed by atoms with Crippen molar-refractivity contribution in [3.63, 3.8) is 0 Å². The molecular weight excluding hydrogens is 294 g/mol. The van der Waals surface area contributed by atoms with Crippen molar-refractivity contribution in [2.24, 2.45) is 0 Å². The first kappa shape index (κ1) is 15.1. The third-order valence-corrected chi connectivity index (χ3v) is 4.83. The Morgan fingerprint density at radius 3 is 2.32 bits per heavy atom. The van der Waals surface area contributed by atoms with Crippen molar-refractivity contribution >= 4 is 17.5 Å². The number of carbonyl (C=O) groups excluding carboxylic acids is 1. The Hall–Kier alpha value is -1.80. The van der Waals surface area contributed by atoms with Gasteiger partial charge in [0.25, 0.3) is 0 Å². The smallest absolute Gasteiger partial charge is 0.230 e. The third-order valence-electron chi connectivity index (χ3n) is 4.58. The normalized spacial score (nSPS) is 15.9. The molecule has 114 valence electrons. The van der Waals surface area contributed by atoms with Crippen molar-refractivity contribution in [1.82, 2.24) is 5.32 Å². The lowest BCUT2D eigenvalue weighted by atomic mass is 9.64. The molecule has 0 bridgehead atoms. The van der Waals surface area contributed by atoms with Gasteiger partial charge in [0, 0.05) is 11.6 Å². The Bertz CT molecular complexity index is 632. The topological polar surface area (TPSA) is 29.1 Å². The fraction of sp³-hybridized carbons (Fsp3) is 0.316. The zero-order valence-corrected chi connectivity index (χ0v) is 13.3. The summed E-state index contributed by atoms with van der Waals surface area (Å²) in [7, 11) is 0. The van der Waals surface area contributed by atoms with Gasteiger partial charge in [-0.25, -0.2) is 0 Å². The van der Waals surface area contributed by atoms with Crippen LogP contribution in [0.5, 0.6) is 0 Å². The second-order valence-corrected chi connectivity index (χ2v) is 6.37. The highest BCUT2D eigenvalue weighted by atomic mass is 35.5. The van der Waals surface area contributed by atoms with E-state index in [0.717, 1.165) is 36.3 Å². The average molecular weight is 314 g/mol. The highest BCUT2D eigenvalue weighted by Crippen LogP contribution is 2.43. The zero-order valence-electron chi connectivity index (χ0n) is 12.5. The fourth-order valence-electron chi connectivity index (χ4n) is 3.07. The van der Waals surface area contributed by atoms with Crippen molar-refractivity contribution in [1.29, 1.82) is 0 Å². The van der Waals surface area contributed by atoms with Crippen molar-refractivity contribution in [3.8, 4) is 0 Å². The number of hydrogen-bond donors (Lipinski definition) is 1. The zero-order chi connectivity index (χ0) is 15.4. The maximum Gasteiger partial charge on any atom is 0.230 e. The van der Waals surface area contributed by atoms with E-state index >= 15 is 0 Å². The van der Waals surface area contributed by atoms with Crippen LogP contribution in [0.15, 0.2) is 54.6 Å². The molecule has 22 heavy (non-hydrogen) atoms. The van der Waals surface area contributed by atoms with Crippen LogP contribution >= 0.6 is 11.6 Å². The number of rotatable bonds is 5. The van der Waals surface area contributed by atoms with Crippen molar-refractivity contribution < 1.29 is 4.79 Å².